The van der Waals surface area contributed by atoms with Crippen molar-refractivity contribution in [3.8, 4) is 17.6 Å². The summed E-state index contributed by atoms with van der Waals surface area (Å²) in [5.41, 5.74) is -1.28. The molecule has 0 aliphatic heterocycles. The fourth-order valence-electron chi connectivity index (χ4n) is 2.94. The van der Waals surface area contributed by atoms with Crippen LogP contribution in [0.2, 0.25) is 0 Å². The standard InChI is InChI=1S/C24H16BrF3N2O5S/c1-34-21-12-15(11-20(25)22(21)35-36(32,33)19-8-3-2-4-9-19)10-16(14-29)23(31)30-18-7-5-6-17(13-18)24(26,27)28/h2-13H,1H3,(H,30,31)/b16-10+. The number of nitrogens with zero attached hydrogens (tertiary/aromatic N) is 1. The molecule has 12 heteroatoms. The van der Waals surface area contributed by atoms with Crippen LogP contribution in [0.25, 0.3) is 6.08 Å². The maximum atomic E-state index is 12.9. The molecule has 0 spiro atoms. The topological polar surface area (TPSA) is 105 Å². The van der Waals surface area contributed by atoms with E-state index in [0.717, 1.165) is 24.3 Å². The molecule has 3 aromatic carbocycles. The zero-order valence-electron chi connectivity index (χ0n) is 18.3. The fraction of sp³-hybridized carbons (Fsp3) is 0.0833. The van der Waals surface area contributed by atoms with Crippen LogP contribution in [-0.2, 0) is 21.1 Å². The Hall–Kier alpha value is -3.82. The van der Waals surface area contributed by atoms with Crippen LogP contribution in [0, 0.1) is 11.3 Å². The number of hydrogen-bond donors (Lipinski definition) is 1. The summed E-state index contributed by atoms with van der Waals surface area (Å²) in [5, 5.41) is 11.7. The molecule has 7 nitrogen and oxygen atoms in total. The van der Waals surface area contributed by atoms with Crippen molar-refractivity contribution in [2.75, 3.05) is 12.4 Å². The highest BCUT2D eigenvalue weighted by Crippen LogP contribution is 2.39. The Morgan fingerprint density at radius 3 is 2.39 bits per heavy atom. The number of carbonyl (C=O) groups excluding carboxylic acids is 1. The van der Waals surface area contributed by atoms with Crippen molar-refractivity contribution in [1.82, 2.24) is 0 Å². The molecule has 1 N–H and O–H groups in total. The lowest BCUT2D eigenvalue weighted by Gasteiger charge is -2.13. The van der Waals surface area contributed by atoms with Crippen LogP contribution in [-0.4, -0.2) is 21.4 Å². The van der Waals surface area contributed by atoms with E-state index in [1.807, 2.05) is 0 Å². The molecular formula is C24H16BrF3N2O5S. The first kappa shape index (κ1) is 26.8. The van der Waals surface area contributed by atoms with E-state index in [1.165, 1.54) is 49.6 Å². The molecule has 0 heterocycles. The predicted molar refractivity (Wildman–Crippen MR) is 129 cm³/mol. The number of hydrogen-bond acceptors (Lipinski definition) is 6. The van der Waals surface area contributed by atoms with Crippen LogP contribution < -0.4 is 14.2 Å². The maximum Gasteiger partial charge on any atom is 0.416 e. The molecule has 0 fully saturated rings. The number of ether oxygens (including phenoxy) is 1. The van der Waals surface area contributed by atoms with Gasteiger partial charge in [-0.3, -0.25) is 4.79 Å². The number of rotatable bonds is 7. The summed E-state index contributed by atoms with van der Waals surface area (Å²) in [5.74, 6) is -1.13. The van der Waals surface area contributed by atoms with Crippen LogP contribution in [0.3, 0.4) is 0 Å². The maximum absolute atomic E-state index is 12.9. The third-order valence-electron chi connectivity index (χ3n) is 4.60. The second-order valence-electron chi connectivity index (χ2n) is 7.09. The third kappa shape index (κ3) is 6.44. The lowest BCUT2D eigenvalue weighted by Crippen LogP contribution is -2.14. The van der Waals surface area contributed by atoms with Crippen molar-refractivity contribution in [2.24, 2.45) is 0 Å². The largest absolute Gasteiger partial charge is 0.493 e. The van der Waals surface area contributed by atoms with E-state index < -0.39 is 33.3 Å². The van der Waals surface area contributed by atoms with Gasteiger partial charge >= 0.3 is 16.3 Å². The minimum Gasteiger partial charge on any atom is -0.493 e. The van der Waals surface area contributed by atoms with Gasteiger partial charge in [0.2, 0.25) is 0 Å². The number of amides is 1. The number of halogens is 4. The Bertz CT molecular complexity index is 1470. The summed E-state index contributed by atoms with van der Waals surface area (Å²) >= 11 is 3.20. The van der Waals surface area contributed by atoms with Gasteiger partial charge in [-0.15, -0.1) is 0 Å². The number of anilines is 1. The molecule has 0 atom stereocenters. The first-order chi connectivity index (χ1) is 16.9. The predicted octanol–water partition coefficient (Wildman–Crippen LogP) is 5.79. The van der Waals surface area contributed by atoms with Crippen LogP contribution >= 0.6 is 15.9 Å². The molecule has 36 heavy (non-hydrogen) atoms. The first-order valence-corrected chi connectivity index (χ1v) is 12.1. The molecule has 0 saturated heterocycles. The van der Waals surface area contributed by atoms with Gasteiger partial charge in [0.15, 0.2) is 11.5 Å². The zero-order chi connectivity index (χ0) is 26.5. The normalized spacial score (nSPS) is 11.9. The highest BCUT2D eigenvalue weighted by Gasteiger charge is 2.30. The SMILES string of the molecule is COc1cc(/C=C(\C#N)C(=O)Nc2cccc(C(F)(F)F)c2)cc(Br)c1OS(=O)(=O)c1ccccc1. The van der Waals surface area contributed by atoms with Crippen molar-refractivity contribution in [3.05, 3.63) is 87.9 Å². The number of nitriles is 1. The van der Waals surface area contributed by atoms with Crippen LogP contribution in [0.4, 0.5) is 18.9 Å². The monoisotopic (exact) mass is 580 g/mol. The summed E-state index contributed by atoms with van der Waals surface area (Å²) in [7, 11) is -2.93. The molecule has 0 saturated carbocycles. The molecule has 3 aromatic rings. The lowest BCUT2D eigenvalue weighted by molar-refractivity contribution is -0.137. The number of carbonyl (C=O) groups is 1. The lowest BCUT2D eigenvalue weighted by atomic mass is 10.1. The summed E-state index contributed by atoms with van der Waals surface area (Å²) in [4.78, 5) is 12.4. The van der Waals surface area contributed by atoms with Gasteiger partial charge in [-0.1, -0.05) is 24.3 Å². The second-order valence-corrected chi connectivity index (χ2v) is 9.49. The molecular weight excluding hydrogens is 565 g/mol. The van der Waals surface area contributed by atoms with Gasteiger partial charge in [0, 0.05) is 5.69 Å². The van der Waals surface area contributed by atoms with Gasteiger partial charge in [-0.05, 0) is 70.0 Å². The van der Waals surface area contributed by atoms with Gasteiger partial charge in [-0.2, -0.15) is 26.9 Å². The van der Waals surface area contributed by atoms with E-state index >= 15 is 0 Å². The molecule has 0 unspecified atom stereocenters. The van der Waals surface area contributed by atoms with E-state index in [0.29, 0.717) is 0 Å². The van der Waals surface area contributed by atoms with Crippen molar-refractivity contribution in [3.63, 3.8) is 0 Å². The summed E-state index contributed by atoms with van der Waals surface area (Å²) < 4.78 is 74.6. The molecule has 1 amide bonds. The molecule has 0 aliphatic rings. The number of methoxy groups -OCH3 is 1. The minimum atomic E-state index is -4.60. The average Bonchev–Trinajstić information content (AvgIpc) is 2.84. The van der Waals surface area contributed by atoms with Crippen molar-refractivity contribution in [2.45, 2.75) is 11.1 Å². The molecule has 0 aromatic heterocycles. The number of alkyl halides is 3. The van der Waals surface area contributed by atoms with E-state index in [9.17, 15) is 31.6 Å². The van der Waals surface area contributed by atoms with Crippen LogP contribution in [0.15, 0.2) is 81.7 Å². The summed E-state index contributed by atoms with van der Waals surface area (Å²) in [6, 6.07) is 15.8. The quantitative estimate of drug-likeness (QED) is 0.215. The fourth-order valence-corrected chi connectivity index (χ4v) is 4.56. The van der Waals surface area contributed by atoms with Crippen molar-refractivity contribution in [1.29, 1.82) is 5.26 Å². The Balaban J connectivity index is 1.90. The second kappa shape index (κ2) is 10.8. The van der Waals surface area contributed by atoms with E-state index in [1.54, 1.807) is 12.1 Å². The highest BCUT2D eigenvalue weighted by atomic mass is 79.9. The van der Waals surface area contributed by atoms with Gasteiger partial charge in [-0.25, -0.2) is 0 Å². The van der Waals surface area contributed by atoms with Crippen LogP contribution in [0.1, 0.15) is 11.1 Å². The molecule has 0 aliphatic carbocycles. The average molecular weight is 581 g/mol. The van der Waals surface area contributed by atoms with E-state index in [-0.39, 0.29) is 32.1 Å². The Kier molecular flexibility index (Phi) is 8.07. The van der Waals surface area contributed by atoms with Crippen molar-refractivity contribution < 1.29 is 35.3 Å². The van der Waals surface area contributed by atoms with Gasteiger partial charge in [0.25, 0.3) is 5.91 Å². The Morgan fingerprint density at radius 1 is 1.08 bits per heavy atom. The number of benzene rings is 3. The zero-order valence-corrected chi connectivity index (χ0v) is 20.7. The van der Waals surface area contributed by atoms with Gasteiger partial charge in [0.1, 0.15) is 16.5 Å². The highest BCUT2D eigenvalue weighted by molar-refractivity contribution is 9.10. The summed E-state index contributed by atoms with van der Waals surface area (Å²) in [6.07, 6.45) is -3.44. The summed E-state index contributed by atoms with van der Waals surface area (Å²) in [6.45, 7) is 0. The number of nitrogens with one attached hydrogen (secondary N) is 1. The Morgan fingerprint density at radius 2 is 1.78 bits per heavy atom. The molecule has 0 radical (unpaired) electrons. The molecule has 186 valence electrons. The first-order valence-electron chi connectivity index (χ1n) is 9.92. The van der Waals surface area contributed by atoms with E-state index in [4.69, 9.17) is 8.92 Å². The van der Waals surface area contributed by atoms with Crippen molar-refractivity contribution >= 4 is 43.7 Å². The Labute approximate surface area is 213 Å². The smallest absolute Gasteiger partial charge is 0.416 e. The minimum absolute atomic E-state index is 0.0225. The van der Waals surface area contributed by atoms with Gasteiger partial charge < -0.3 is 14.2 Å². The molecule has 0 bridgehead atoms. The molecule has 3 rings (SSSR count). The van der Waals surface area contributed by atoms with Gasteiger partial charge in [0.05, 0.1) is 17.1 Å². The van der Waals surface area contributed by atoms with Crippen LogP contribution in [0.5, 0.6) is 11.5 Å². The van der Waals surface area contributed by atoms with E-state index in [2.05, 4.69) is 21.2 Å². The third-order valence-corrected chi connectivity index (χ3v) is 6.43.